The summed E-state index contributed by atoms with van der Waals surface area (Å²) in [5.41, 5.74) is 6.04. The molecule has 0 amide bonds. The molecule has 2 aromatic rings. The van der Waals surface area contributed by atoms with E-state index in [9.17, 15) is 4.79 Å². The van der Waals surface area contributed by atoms with Crippen LogP contribution in [0.2, 0.25) is 0 Å². The van der Waals surface area contributed by atoms with Gasteiger partial charge in [0.2, 0.25) is 0 Å². The molecule has 0 aliphatic carbocycles. The largest absolute Gasteiger partial charge is 0.462 e. The average Bonchev–Trinajstić information content (AvgIpc) is 2.73. The highest BCUT2D eigenvalue weighted by Crippen LogP contribution is 2.18. The normalized spacial score (nSPS) is 12.6. The Morgan fingerprint density at radius 3 is 3.00 bits per heavy atom. The van der Waals surface area contributed by atoms with Gasteiger partial charge in [0.15, 0.2) is 6.04 Å². The summed E-state index contributed by atoms with van der Waals surface area (Å²) in [6, 6.07) is 7.67. The Morgan fingerprint density at radius 2 is 2.24 bits per heavy atom. The smallest absolute Gasteiger partial charge is 0.365 e. The summed E-state index contributed by atoms with van der Waals surface area (Å²) < 4.78 is 4.95. The lowest BCUT2D eigenvalue weighted by Crippen LogP contribution is -2.66. The number of carbonyl (C=O) groups is 1. The lowest BCUT2D eigenvalue weighted by Gasteiger charge is -2.06. The van der Waals surface area contributed by atoms with Gasteiger partial charge in [-0.2, -0.15) is 0 Å². The molecule has 1 atom stereocenters. The van der Waals surface area contributed by atoms with Crippen LogP contribution in [0.25, 0.3) is 10.9 Å². The summed E-state index contributed by atoms with van der Waals surface area (Å²) >= 11 is 0. The Labute approximate surface area is 99.8 Å². The van der Waals surface area contributed by atoms with Crippen LogP contribution in [-0.4, -0.2) is 23.6 Å². The molecule has 0 aliphatic heterocycles. The number of quaternary nitrogens is 1. The van der Waals surface area contributed by atoms with E-state index < -0.39 is 0 Å². The van der Waals surface area contributed by atoms with Gasteiger partial charge in [0.05, 0.1) is 6.61 Å². The van der Waals surface area contributed by atoms with Crippen molar-refractivity contribution in [3.63, 3.8) is 0 Å². The number of benzene rings is 1. The minimum atomic E-state index is -0.353. The van der Waals surface area contributed by atoms with E-state index in [1.165, 1.54) is 0 Å². The summed E-state index contributed by atoms with van der Waals surface area (Å²) in [6.07, 6.45) is 2.53. The summed E-state index contributed by atoms with van der Waals surface area (Å²) in [4.78, 5) is 14.7. The van der Waals surface area contributed by atoms with Gasteiger partial charge in [-0.3, -0.25) is 0 Å². The molecule has 1 aromatic heterocycles. The number of ether oxygens (including phenoxy) is 1. The monoisotopic (exact) mass is 233 g/mol. The number of fused-ring (bicyclic) bond motifs is 1. The fraction of sp³-hybridized carbons (Fsp3) is 0.308. The van der Waals surface area contributed by atoms with Gasteiger partial charge in [-0.25, -0.2) is 4.79 Å². The first-order valence-corrected chi connectivity index (χ1v) is 5.77. The highest BCUT2D eigenvalue weighted by molar-refractivity contribution is 5.84. The summed E-state index contributed by atoms with van der Waals surface area (Å²) in [5.74, 6) is -0.238. The third-order valence-corrected chi connectivity index (χ3v) is 2.76. The van der Waals surface area contributed by atoms with E-state index in [4.69, 9.17) is 4.74 Å². The van der Waals surface area contributed by atoms with Crippen LogP contribution in [-0.2, 0) is 16.0 Å². The zero-order valence-corrected chi connectivity index (χ0v) is 9.90. The lowest BCUT2D eigenvalue weighted by atomic mass is 10.1. The van der Waals surface area contributed by atoms with Crippen LogP contribution in [0, 0.1) is 0 Å². The van der Waals surface area contributed by atoms with E-state index in [-0.39, 0.29) is 12.0 Å². The van der Waals surface area contributed by atoms with Crippen molar-refractivity contribution >= 4 is 16.9 Å². The van der Waals surface area contributed by atoms with Crippen LogP contribution >= 0.6 is 0 Å². The molecule has 4 nitrogen and oxygen atoms in total. The molecule has 0 fully saturated rings. The number of esters is 1. The molecular formula is C13H17N2O2+. The molecule has 0 radical (unpaired) electrons. The van der Waals surface area contributed by atoms with Crippen LogP contribution in [0.5, 0.6) is 0 Å². The molecule has 17 heavy (non-hydrogen) atoms. The molecule has 1 unspecified atom stereocenters. The van der Waals surface area contributed by atoms with E-state index in [1.54, 1.807) is 6.92 Å². The van der Waals surface area contributed by atoms with Crippen LogP contribution in [0.3, 0.4) is 0 Å². The molecule has 90 valence electrons. The number of para-hydroxylation sites is 1. The molecule has 1 heterocycles. The Morgan fingerprint density at radius 1 is 1.47 bits per heavy atom. The van der Waals surface area contributed by atoms with Gasteiger partial charge in [0.25, 0.3) is 0 Å². The highest BCUT2D eigenvalue weighted by Gasteiger charge is 2.20. The number of carbonyl (C=O) groups excluding carboxylic acids is 1. The standard InChI is InChI=1S/C13H16N2O2/c1-2-17-13(16)11(14)7-9-8-15-12-6-4-3-5-10(9)12/h3-6,8,11,15H,2,7,14H2,1H3/p+1. The second-order valence-corrected chi connectivity index (χ2v) is 4.01. The van der Waals surface area contributed by atoms with Crippen LogP contribution in [0.4, 0.5) is 0 Å². The molecule has 0 aliphatic rings. The second kappa shape index (κ2) is 5.01. The van der Waals surface area contributed by atoms with Crippen molar-refractivity contribution < 1.29 is 15.3 Å². The number of nitrogens with one attached hydrogen (secondary N) is 1. The topological polar surface area (TPSA) is 69.7 Å². The zero-order valence-electron chi connectivity index (χ0n) is 9.90. The molecule has 4 heteroatoms. The maximum absolute atomic E-state index is 11.5. The van der Waals surface area contributed by atoms with E-state index in [1.807, 2.05) is 30.5 Å². The minimum Gasteiger partial charge on any atom is -0.462 e. The molecule has 2 rings (SSSR count). The van der Waals surface area contributed by atoms with Crippen molar-refractivity contribution in [3.05, 3.63) is 36.0 Å². The minimum absolute atomic E-state index is 0.238. The van der Waals surface area contributed by atoms with Gasteiger partial charge in [-0.1, -0.05) is 18.2 Å². The van der Waals surface area contributed by atoms with Crippen molar-refractivity contribution in [3.8, 4) is 0 Å². The molecule has 1 aromatic carbocycles. The van der Waals surface area contributed by atoms with Crippen LogP contribution in [0.1, 0.15) is 12.5 Å². The van der Waals surface area contributed by atoms with Gasteiger partial charge in [0.1, 0.15) is 0 Å². The SMILES string of the molecule is CCOC(=O)C([NH3+])Cc1c[nH]c2ccccc12. The molecule has 4 N–H and O–H groups in total. The third-order valence-electron chi connectivity index (χ3n) is 2.76. The maximum Gasteiger partial charge on any atom is 0.365 e. The Balaban J connectivity index is 2.16. The van der Waals surface area contributed by atoms with Crippen molar-refractivity contribution in [1.29, 1.82) is 0 Å². The molecular weight excluding hydrogens is 216 g/mol. The Kier molecular flexibility index (Phi) is 3.44. The zero-order chi connectivity index (χ0) is 12.3. The number of hydrogen-bond donors (Lipinski definition) is 2. The van der Waals surface area contributed by atoms with E-state index >= 15 is 0 Å². The molecule has 0 saturated carbocycles. The molecule has 0 spiro atoms. The number of H-pyrrole nitrogens is 1. The van der Waals surface area contributed by atoms with E-state index in [0.29, 0.717) is 13.0 Å². The summed E-state index contributed by atoms with van der Waals surface area (Å²) in [5, 5.41) is 1.14. The van der Waals surface area contributed by atoms with Crippen LogP contribution in [0.15, 0.2) is 30.5 Å². The van der Waals surface area contributed by atoms with Crippen molar-refractivity contribution in [2.45, 2.75) is 19.4 Å². The number of aromatic nitrogens is 1. The van der Waals surface area contributed by atoms with Crippen molar-refractivity contribution in [2.75, 3.05) is 6.61 Å². The first-order valence-electron chi connectivity index (χ1n) is 5.77. The summed E-state index contributed by atoms with van der Waals surface area (Å²) in [6.45, 7) is 2.20. The summed E-state index contributed by atoms with van der Waals surface area (Å²) in [7, 11) is 0. The second-order valence-electron chi connectivity index (χ2n) is 4.01. The Bertz CT molecular complexity index is 519. The van der Waals surface area contributed by atoms with Crippen molar-refractivity contribution in [1.82, 2.24) is 4.98 Å². The van der Waals surface area contributed by atoms with Gasteiger partial charge < -0.3 is 15.5 Å². The lowest BCUT2D eigenvalue weighted by molar-refractivity contribution is -0.407. The Hall–Kier alpha value is -1.81. The van der Waals surface area contributed by atoms with E-state index in [2.05, 4.69) is 10.7 Å². The van der Waals surface area contributed by atoms with Gasteiger partial charge in [-0.15, -0.1) is 0 Å². The predicted molar refractivity (Wildman–Crippen MR) is 65.3 cm³/mol. The fourth-order valence-electron chi connectivity index (χ4n) is 1.91. The van der Waals surface area contributed by atoms with Crippen molar-refractivity contribution in [2.24, 2.45) is 0 Å². The number of hydrogen-bond acceptors (Lipinski definition) is 2. The molecule has 0 saturated heterocycles. The van der Waals surface area contributed by atoms with E-state index in [0.717, 1.165) is 16.5 Å². The first kappa shape index (κ1) is 11.7. The quantitative estimate of drug-likeness (QED) is 0.770. The fourth-order valence-corrected chi connectivity index (χ4v) is 1.91. The average molecular weight is 233 g/mol. The number of rotatable bonds is 4. The van der Waals surface area contributed by atoms with Crippen LogP contribution < -0.4 is 5.73 Å². The van der Waals surface area contributed by atoms with Gasteiger partial charge in [-0.05, 0) is 18.6 Å². The number of aromatic amines is 1. The third kappa shape index (κ3) is 2.47. The predicted octanol–water partition coefficient (Wildman–Crippen LogP) is 0.884. The molecule has 0 bridgehead atoms. The highest BCUT2D eigenvalue weighted by atomic mass is 16.5. The van der Waals surface area contributed by atoms with Gasteiger partial charge >= 0.3 is 5.97 Å². The first-order chi connectivity index (χ1) is 8.22. The maximum atomic E-state index is 11.5. The van der Waals surface area contributed by atoms with Gasteiger partial charge in [0, 0.05) is 23.5 Å².